The summed E-state index contributed by atoms with van der Waals surface area (Å²) < 4.78 is 5.16. The summed E-state index contributed by atoms with van der Waals surface area (Å²) in [6, 6.07) is 11.3. The monoisotopic (exact) mass is 228 g/mol. The summed E-state index contributed by atoms with van der Waals surface area (Å²) in [7, 11) is 0. The van der Waals surface area contributed by atoms with Crippen molar-refractivity contribution in [2.45, 2.75) is 6.54 Å². The molecule has 0 fully saturated rings. The van der Waals surface area contributed by atoms with Crippen LogP contribution in [-0.4, -0.2) is 16.8 Å². The Bertz CT molecular complexity index is 484. The molecule has 0 spiro atoms. The molecule has 1 heterocycles. The Hall–Kier alpha value is -2.48. The average molecular weight is 228 g/mol. The Balaban J connectivity index is 1.88. The molecule has 86 valence electrons. The molecule has 0 aliphatic heterocycles. The Morgan fingerprint density at radius 2 is 2.12 bits per heavy atom. The van der Waals surface area contributed by atoms with Crippen LogP contribution in [0.5, 0.6) is 5.75 Å². The van der Waals surface area contributed by atoms with Crippen LogP contribution in [-0.2, 0) is 6.54 Å². The molecule has 2 rings (SSSR count). The first-order valence-corrected chi connectivity index (χ1v) is 5.20. The average Bonchev–Trinajstić information content (AvgIpc) is 2.88. The van der Waals surface area contributed by atoms with E-state index in [4.69, 9.17) is 10.00 Å². The number of anilines is 1. The number of benzene rings is 1. The molecule has 1 aromatic carbocycles. The van der Waals surface area contributed by atoms with E-state index in [9.17, 15) is 0 Å². The van der Waals surface area contributed by atoms with Gasteiger partial charge in [-0.2, -0.15) is 10.4 Å². The lowest BCUT2D eigenvalue weighted by molar-refractivity contribution is 0.368. The van der Waals surface area contributed by atoms with Crippen molar-refractivity contribution in [2.24, 2.45) is 0 Å². The van der Waals surface area contributed by atoms with Crippen LogP contribution in [0, 0.1) is 11.3 Å². The molecule has 0 unspecified atom stereocenters. The fourth-order valence-corrected chi connectivity index (χ4v) is 1.37. The zero-order valence-electron chi connectivity index (χ0n) is 9.18. The van der Waals surface area contributed by atoms with E-state index in [1.54, 1.807) is 6.20 Å². The number of nitrogens with zero attached hydrogens (tertiary/aromatic N) is 2. The molecule has 1 aromatic heterocycles. The van der Waals surface area contributed by atoms with E-state index in [0.717, 1.165) is 11.4 Å². The zero-order chi connectivity index (χ0) is 11.9. The minimum atomic E-state index is 0.0704. The maximum Gasteiger partial charge on any atom is 0.174 e. The van der Waals surface area contributed by atoms with Gasteiger partial charge in [-0.1, -0.05) is 0 Å². The van der Waals surface area contributed by atoms with Gasteiger partial charge in [0.25, 0.3) is 0 Å². The Morgan fingerprint density at radius 1 is 1.29 bits per heavy atom. The highest BCUT2D eigenvalue weighted by Crippen LogP contribution is 2.15. The van der Waals surface area contributed by atoms with Crippen LogP contribution in [0.25, 0.3) is 0 Å². The Kier molecular flexibility index (Phi) is 3.61. The molecule has 0 atom stereocenters. The Labute approximate surface area is 99.0 Å². The summed E-state index contributed by atoms with van der Waals surface area (Å²) in [5, 5.41) is 18.4. The minimum absolute atomic E-state index is 0.0704. The van der Waals surface area contributed by atoms with Gasteiger partial charge < -0.3 is 10.1 Å². The van der Waals surface area contributed by atoms with E-state index in [2.05, 4.69) is 15.5 Å². The smallest absolute Gasteiger partial charge is 0.174 e. The maximum absolute atomic E-state index is 8.38. The number of nitrogens with one attached hydrogen (secondary N) is 2. The highest BCUT2D eigenvalue weighted by Gasteiger charge is 1.96. The summed E-state index contributed by atoms with van der Waals surface area (Å²) in [5.74, 6) is 0.693. The third-order valence-corrected chi connectivity index (χ3v) is 2.20. The van der Waals surface area contributed by atoms with Crippen molar-refractivity contribution >= 4 is 5.69 Å². The minimum Gasteiger partial charge on any atom is -0.479 e. The van der Waals surface area contributed by atoms with Crippen molar-refractivity contribution in [1.29, 1.82) is 5.26 Å². The molecule has 0 saturated heterocycles. The molecule has 2 aromatic rings. The number of rotatable bonds is 5. The van der Waals surface area contributed by atoms with E-state index in [0.29, 0.717) is 12.3 Å². The van der Waals surface area contributed by atoms with Crippen molar-refractivity contribution in [2.75, 3.05) is 11.9 Å². The molecule has 2 N–H and O–H groups in total. The molecular formula is C12H12N4O. The van der Waals surface area contributed by atoms with Gasteiger partial charge in [-0.15, -0.1) is 0 Å². The van der Waals surface area contributed by atoms with Gasteiger partial charge in [0.15, 0.2) is 6.61 Å². The quantitative estimate of drug-likeness (QED) is 0.820. The van der Waals surface area contributed by atoms with Gasteiger partial charge in [-0.05, 0) is 30.3 Å². The first kappa shape index (κ1) is 11.0. The summed E-state index contributed by atoms with van der Waals surface area (Å²) in [4.78, 5) is 0. The van der Waals surface area contributed by atoms with Gasteiger partial charge >= 0.3 is 0 Å². The summed E-state index contributed by atoms with van der Waals surface area (Å²) >= 11 is 0. The van der Waals surface area contributed by atoms with Gasteiger partial charge in [0.1, 0.15) is 11.8 Å². The zero-order valence-corrected chi connectivity index (χ0v) is 9.18. The molecule has 0 radical (unpaired) electrons. The first-order chi connectivity index (χ1) is 8.38. The molecule has 0 aliphatic rings. The lowest BCUT2D eigenvalue weighted by Gasteiger charge is -2.06. The van der Waals surface area contributed by atoms with Crippen molar-refractivity contribution in [3.8, 4) is 11.8 Å². The normalized spacial score (nSPS) is 9.59. The summed E-state index contributed by atoms with van der Waals surface area (Å²) in [6.45, 7) is 0.763. The van der Waals surface area contributed by atoms with Gasteiger partial charge in [0, 0.05) is 11.9 Å². The van der Waals surface area contributed by atoms with Crippen LogP contribution in [0.1, 0.15) is 5.69 Å². The number of H-pyrrole nitrogens is 1. The molecular weight excluding hydrogens is 216 g/mol. The number of hydrogen-bond acceptors (Lipinski definition) is 4. The van der Waals surface area contributed by atoms with Gasteiger partial charge in [-0.3, -0.25) is 5.10 Å². The molecule has 0 bridgehead atoms. The standard InChI is InChI=1S/C12H12N4O/c13-6-8-17-12-3-1-10(2-4-12)14-9-11-5-7-15-16-11/h1-5,7,14H,8-9H2,(H,15,16). The van der Waals surface area contributed by atoms with Crippen molar-refractivity contribution in [1.82, 2.24) is 10.2 Å². The van der Waals surface area contributed by atoms with Crippen LogP contribution in [0.4, 0.5) is 5.69 Å². The van der Waals surface area contributed by atoms with Gasteiger partial charge in [0.2, 0.25) is 0 Å². The number of aromatic amines is 1. The second-order valence-electron chi connectivity index (χ2n) is 3.41. The first-order valence-electron chi connectivity index (χ1n) is 5.20. The number of nitriles is 1. The second kappa shape index (κ2) is 5.56. The number of hydrogen-bond donors (Lipinski definition) is 2. The van der Waals surface area contributed by atoms with E-state index in [1.165, 1.54) is 0 Å². The number of ether oxygens (including phenoxy) is 1. The molecule has 17 heavy (non-hydrogen) atoms. The highest BCUT2D eigenvalue weighted by atomic mass is 16.5. The topological polar surface area (TPSA) is 73.7 Å². The van der Waals surface area contributed by atoms with Crippen molar-refractivity contribution in [3.63, 3.8) is 0 Å². The predicted octanol–water partition coefficient (Wildman–Crippen LogP) is 1.92. The van der Waals surface area contributed by atoms with E-state index in [1.807, 2.05) is 36.4 Å². The lowest BCUT2D eigenvalue weighted by atomic mass is 10.3. The molecule has 0 aliphatic carbocycles. The fraction of sp³-hybridized carbons (Fsp3) is 0.167. The molecule has 5 nitrogen and oxygen atoms in total. The van der Waals surface area contributed by atoms with E-state index >= 15 is 0 Å². The molecule has 0 saturated carbocycles. The van der Waals surface area contributed by atoms with E-state index in [-0.39, 0.29) is 6.61 Å². The predicted molar refractivity (Wildman–Crippen MR) is 63.5 cm³/mol. The third-order valence-electron chi connectivity index (χ3n) is 2.20. The Morgan fingerprint density at radius 3 is 2.76 bits per heavy atom. The van der Waals surface area contributed by atoms with Crippen molar-refractivity contribution in [3.05, 3.63) is 42.2 Å². The van der Waals surface area contributed by atoms with Crippen LogP contribution in [0.15, 0.2) is 36.5 Å². The number of aromatic nitrogens is 2. The van der Waals surface area contributed by atoms with Gasteiger partial charge in [-0.25, -0.2) is 0 Å². The van der Waals surface area contributed by atoms with E-state index < -0.39 is 0 Å². The summed E-state index contributed by atoms with van der Waals surface area (Å²) in [5.41, 5.74) is 2.01. The fourth-order valence-electron chi connectivity index (χ4n) is 1.37. The maximum atomic E-state index is 8.38. The summed E-state index contributed by atoms with van der Waals surface area (Å²) in [6.07, 6.45) is 1.72. The largest absolute Gasteiger partial charge is 0.479 e. The van der Waals surface area contributed by atoms with Gasteiger partial charge in [0.05, 0.1) is 12.2 Å². The van der Waals surface area contributed by atoms with Crippen LogP contribution in [0.3, 0.4) is 0 Å². The van der Waals surface area contributed by atoms with Crippen LogP contribution < -0.4 is 10.1 Å². The lowest BCUT2D eigenvalue weighted by Crippen LogP contribution is -2.00. The highest BCUT2D eigenvalue weighted by molar-refractivity contribution is 5.46. The second-order valence-corrected chi connectivity index (χ2v) is 3.41. The molecule has 0 amide bonds. The van der Waals surface area contributed by atoms with Crippen LogP contribution >= 0.6 is 0 Å². The van der Waals surface area contributed by atoms with Crippen LogP contribution in [0.2, 0.25) is 0 Å². The van der Waals surface area contributed by atoms with Crippen molar-refractivity contribution < 1.29 is 4.74 Å². The third kappa shape index (κ3) is 3.24. The molecule has 5 heteroatoms. The SMILES string of the molecule is N#CCOc1ccc(NCc2ccn[nH]2)cc1.